The van der Waals surface area contributed by atoms with E-state index in [2.05, 4.69) is 143 Å². The molecule has 4 aliphatic heterocycles. The van der Waals surface area contributed by atoms with Crippen LogP contribution < -0.4 is 47.7 Å². The maximum Gasteiger partial charge on any atom is 0.254 e. The summed E-state index contributed by atoms with van der Waals surface area (Å²) in [7, 11) is 6.33. The van der Waals surface area contributed by atoms with E-state index in [-0.39, 0.29) is 35.1 Å². The number of aryl methyl sites for hydroxylation is 1. The number of aromatic amines is 1. The van der Waals surface area contributed by atoms with E-state index in [1.54, 1.807) is 43.0 Å². The summed E-state index contributed by atoms with van der Waals surface area (Å²) in [4.78, 5) is 97.3. The zero-order valence-electron chi connectivity index (χ0n) is 59.0. The summed E-state index contributed by atoms with van der Waals surface area (Å²) in [6.07, 6.45) is 13.7. The number of likely N-dealkylation sites (tertiary alicyclic amines) is 1. The molecule has 24 heteroatoms. The van der Waals surface area contributed by atoms with Crippen LogP contribution >= 0.6 is 0 Å². The minimum absolute atomic E-state index is 0.0184. The molecule has 11 heterocycles. The third kappa shape index (κ3) is 14.6. The predicted molar refractivity (Wildman–Crippen MR) is 407 cm³/mol. The lowest BCUT2D eigenvalue weighted by Gasteiger charge is -2.43. The van der Waals surface area contributed by atoms with Gasteiger partial charge in [-0.15, -0.1) is 0 Å². The van der Waals surface area contributed by atoms with Crippen molar-refractivity contribution in [2.75, 3.05) is 81.3 Å². The van der Waals surface area contributed by atoms with Gasteiger partial charge in [0.25, 0.3) is 23.6 Å². The molecular weight excluding hydrogens is 1310 g/mol. The van der Waals surface area contributed by atoms with Crippen molar-refractivity contribution in [2.24, 2.45) is 0 Å². The minimum Gasteiger partial charge on any atom is -0.366 e. The molecule has 5 aromatic carbocycles. The Morgan fingerprint density at radius 1 is 0.558 bits per heavy atom. The van der Waals surface area contributed by atoms with Gasteiger partial charge in [-0.25, -0.2) is 15.0 Å². The number of piperazine rings is 1. The quantitative estimate of drug-likeness (QED) is 0.0418. The molecule has 3 unspecified atom stereocenters. The first-order chi connectivity index (χ1) is 50.4. The molecule has 7 aromatic heterocycles. The minimum atomic E-state index is -0.201. The molecule has 0 spiro atoms. The molecule has 8 N–H and O–H groups in total. The lowest BCUT2D eigenvalue weighted by atomic mass is 10.0. The number of amides is 5. The van der Waals surface area contributed by atoms with E-state index in [9.17, 15) is 28.8 Å². The van der Waals surface area contributed by atoms with Crippen LogP contribution in [0.3, 0.4) is 0 Å². The van der Waals surface area contributed by atoms with Crippen molar-refractivity contribution in [1.29, 1.82) is 0 Å². The fourth-order valence-electron chi connectivity index (χ4n) is 14.0. The van der Waals surface area contributed by atoms with Gasteiger partial charge in [-0.3, -0.25) is 46.9 Å². The van der Waals surface area contributed by atoms with Gasteiger partial charge in [-0.1, -0.05) is 12.1 Å². The first kappa shape index (κ1) is 68.7. The van der Waals surface area contributed by atoms with Crippen molar-refractivity contribution < 1.29 is 24.0 Å². The Kier molecular flexibility index (Phi) is 19.6. The number of nitrogens with one attached hydrogen (secondary N) is 8. The number of carbonyl (C=O) groups is 5. The van der Waals surface area contributed by atoms with Crippen LogP contribution in [0.15, 0.2) is 200 Å². The van der Waals surface area contributed by atoms with Gasteiger partial charge in [0, 0.05) is 177 Å². The Balaban J connectivity index is 0.000000132. The highest BCUT2D eigenvalue weighted by Crippen LogP contribution is 2.35. The number of likely N-dealkylation sites (N-methyl/N-ethyl adjacent to an activating group) is 2. The van der Waals surface area contributed by atoms with E-state index in [0.717, 1.165) is 151 Å². The van der Waals surface area contributed by atoms with E-state index in [0.29, 0.717) is 49.9 Å². The first-order valence-corrected chi connectivity index (χ1v) is 34.9. The molecule has 0 saturated carbocycles. The van der Waals surface area contributed by atoms with Gasteiger partial charge in [0.2, 0.25) is 11.5 Å². The standard InChI is InChI=1S/C29H30N6O2.C26H24N6O3.C25H28N6O/c1-18-14-21(5-7-23(18)29(37)34-12-10-22(17-34)33(2)3)32-25-8-9-26(35-13-11-30-27(25)35)19-4-6-24-20(15-19)16-31-28(24)36;1-16(33)27-10-11-29-25(34)17-2-5-20(6-3-17)31-22-8-9-23(32-13-12-28-24(22)32)18-4-7-21-19(14-18)15-30-26(21)35;1-17-16-31(18(2)15-29(17)3)21-6-4-20(5-7-21)28-22-8-9-23(30-13-12-27-25(22)30)19-10-11-26-24(32)14-19/h4-9,11,13-15,22,32H,10,12,16-17H2,1-3H3,(H,31,36);2-9,12-14,31H,10-11,15H2,1H3,(H,27,33)(H,29,34)(H,30,35);4-14,17-18,28H,15-16H2,1-3H3,(H,26,32). The van der Waals surface area contributed by atoms with E-state index in [1.165, 1.54) is 12.6 Å². The predicted octanol–water partition coefficient (Wildman–Crippen LogP) is 10.9. The van der Waals surface area contributed by atoms with Crippen molar-refractivity contribution in [3.05, 3.63) is 244 Å². The number of H-pyrrole nitrogens is 1. The van der Waals surface area contributed by atoms with Crippen LogP contribution in [0.4, 0.5) is 39.8 Å². The molecule has 12 aromatic rings. The van der Waals surface area contributed by atoms with Crippen LogP contribution in [0.5, 0.6) is 0 Å². The molecule has 2 fully saturated rings. The Morgan fingerprint density at radius 3 is 1.58 bits per heavy atom. The zero-order chi connectivity index (χ0) is 72.3. The van der Waals surface area contributed by atoms with Crippen LogP contribution in [-0.4, -0.2) is 156 Å². The summed E-state index contributed by atoms with van der Waals surface area (Å²) < 4.78 is 6.05. The topological polar surface area (TPSA) is 267 Å². The van der Waals surface area contributed by atoms with Crippen LogP contribution in [0.25, 0.3) is 50.7 Å². The fraction of sp³-hybridized carbons (Fsp3) is 0.237. The number of imidazole rings is 3. The van der Waals surface area contributed by atoms with Crippen LogP contribution in [-0.2, 0) is 17.9 Å². The molecular formula is C80H82N18O6. The van der Waals surface area contributed by atoms with E-state index in [4.69, 9.17) is 0 Å². The number of benzene rings is 5. The third-order valence-electron chi connectivity index (χ3n) is 19.8. The highest BCUT2D eigenvalue weighted by atomic mass is 16.2. The number of fused-ring (bicyclic) bond motifs is 5. The second-order valence-corrected chi connectivity index (χ2v) is 27.0. The number of nitrogens with zero attached hydrogens (tertiary/aromatic N) is 10. The Bertz CT molecular complexity index is 5310. The number of carbonyl (C=O) groups excluding carboxylic acids is 5. The Morgan fingerprint density at radius 2 is 1.07 bits per heavy atom. The van der Waals surface area contributed by atoms with Crippen molar-refractivity contribution in [3.63, 3.8) is 0 Å². The molecule has 5 amide bonds. The lowest BCUT2D eigenvalue weighted by Crippen LogP contribution is -2.55. The second-order valence-electron chi connectivity index (χ2n) is 27.0. The number of anilines is 7. The number of pyridine rings is 4. The summed E-state index contributed by atoms with van der Waals surface area (Å²) >= 11 is 0. The average molecular weight is 1390 g/mol. The molecule has 0 aliphatic carbocycles. The van der Waals surface area contributed by atoms with Gasteiger partial charge >= 0.3 is 0 Å². The highest BCUT2D eigenvalue weighted by molar-refractivity contribution is 6.00. The summed E-state index contributed by atoms with van der Waals surface area (Å²) in [5.74, 6) is -0.286. The SMILES string of the molecule is CC(=O)NCCNC(=O)c1ccc(Nc2ccc(-c3ccc4c(c3)CNC4=O)n3ccnc23)cc1.CC1CN(c2ccc(Nc3ccc(-c4cc[nH]c(=O)c4)n4ccnc34)cc2)C(C)CN1C.Cc1cc(Nc2ccc(-c3ccc4c(c3)CNC4=O)n3ccnc23)ccc1C(=O)N1CCC(N(C)C)C1. The number of aromatic nitrogens is 7. The molecule has 16 rings (SSSR count). The van der Waals surface area contributed by atoms with Gasteiger partial charge in [0.1, 0.15) is 0 Å². The lowest BCUT2D eigenvalue weighted by molar-refractivity contribution is -0.118. The Hall–Kier alpha value is -12.4. The smallest absolute Gasteiger partial charge is 0.254 e. The molecule has 4 aliphatic rings. The highest BCUT2D eigenvalue weighted by Gasteiger charge is 2.30. The normalized spacial score (nSPS) is 16.1. The maximum absolute atomic E-state index is 13.2. The molecule has 528 valence electrons. The number of hydrogen-bond acceptors (Lipinski definition) is 15. The summed E-state index contributed by atoms with van der Waals surface area (Å²) in [5, 5.41) is 21.5. The Labute approximate surface area is 601 Å². The van der Waals surface area contributed by atoms with Crippen molar-refractivity contribution in [3.8, 4) is 33.8 Å². The van der Waals surface area contributed by atoms with Crippen LogP contribution in [0.1, 0.15) is 85.3 Å². The molecule has 0 radical (unpaired) electrons. The molecule has 24 nitrogen and oxygen atoms in total. The van der Waals surface area contributed by atoms with Gasteiger partial charge in [-0.05, 0) is 210 Å². The van der Waals surface area contributed by atoms with E-state index in [1.807, 2.05) is 141 Å². The summed E-state index contributed by atoms with van der Waals surface area (Å²) in [6, 6.07) is 50.4. The van der Waals surface area contributed by atoms with Gasteiger partial charge in [0.15, 0.2) is 16.9 Å². The van der Waals surface area contributed by atoms with Crippen molar-refractivity contribution >= 4 is 86.3 Å². The average Bonchev–Trinajstić information content (AvgIpc) is 1.56. The summed E-state index contributed by atoms with van der Waals surface area (Å²) in [6.45, 7) is 13.5. The monoisotopic (exact) mass is 1390 g/mol. The number of hydrogen-bond donors (Lipinski definition) is 8. The molecule has 3 atom stereocenters. The largest absolute Gasteiger partial charge is 0.366 e. The van der Waals surface area contributed by atoms with E-state index >= 15 is 0 Å². The zero-order valence-corrected chi connectivity index (χ0v) is 59.0. The van der Waals surface area contributed by atoms with Crippen LogP contribution in [0, 0.1) is 6.92 Å². The molecule has 2 saturated heterocycles. The van der Waals surface area contributed by atoms with Gasteiger partial charge in [-0.2, -0.15) is 0 Å². The van der Waals surface area contributed by atoms with Crippen molar-refractivity contribution in [2.45, 2.75) is 65.3 Å². The fourth-order valence-corrected chi connectivity index (χ4v) is 14.0. The molecule has 0 bridgehead atoms. The summed E-state index contributed by atoms with van der Waals surface area (Å²) in [5.41, 5.74) is 20.3. The second kappa shape index (κ2) is 29.7. The molecule has 104 heavy (non-hydrogen) atoms. The first-order valence-electron chi connectivity index (χ1n) is 34.9. The maximum atomic E-state index is 13.2. The van der Waals surface area contributed by atoms with Crippen LogP contribution in [0.2, 0.25) is 0 Å². The van der Waals surface area contributed by atoms with E-state index < -0.39 is 0 Å². The number of rotatable bonds is 16. The van der Waals surface area contributed by atoms with Gasteiger partial charge in [0.05, 0.1) is 34.1 Å². The van der Waals surface area contributed by atoms with Gasteiger partial charge < -0.3 is 56.9 Å². The van der Waals surface area contributed by atoms with Crippen molar-refractivity contribution in [1.82, 2.24) is 69.1 Å². The third-order valence-corrected chi connectivity index (χ3v) is 19.8.